The zero-order valence-corrected chi connectivity index (χ0v) is 11.8. The lowest BCUT2D eigenvalue weighted by molar-refractivity contribution is -0.138. The van der Waals surface area contributed by atoms with Crippen molar-refractivity contribution in [2.24, 2.45) is 5.73 Å². The van der Waals surface area contributed by atoms with Crippen molar-refractivity contribution >= 4 is 29.4 Å². The predicted octanol–water partition coefficient (Wildman–Crippen LogP) is 0.564. The number of halogens is 1. The van der Waals surface area contributed by atoms with Crippen LogP contribution in [0.5, 0.6) is 0 Å². The first kappa shape index (κ1) is 16.0. The highest BCUT2D eigenvalue weighted by Gasteiger charge is 2.23. The summed E-state index contributed by atoms with van der Waals surface area (Å²) in [6, 6.07) is 1.44. The number of carbonyl (C=O) groups excluding carboxylic acids is 2. The number of primary amides is 1. The van der Waals surface area contributed by atoms with Crippen molar-refractivity contribution < 1.29 is 19.5 Å². The number of aromatic nitrogens is 1. The molecular weight excluding hydrogens is 286 g/mol. The summed E-state index contributed by atoms with van der Waals surface area (Å²) in [4.78, 5) is 34.9. The molecule has 8 heteroatoms. The molecule has 0 saturated carbocycles. The molecule has 2 amide bonds. The van der Waals surface area contributed by atoms with E-state index in [1.807, 2.05) is 6.92 Å². The van der Waals surface area contributed by atoms with Gasteiger partial charge in [0.15, 0.2) is 0 Å². The van der Waals surface area contributed by atoms with E-state index in [9.17, 15) is 14.4 Å². The topological polar surface area (TPSA) is 106 Å². The van der Waals surface area contributed by atoms with Gasteiger partial charge >= 0.3 is 5.97 Å². The highest BCUT2D eigenvalue weighted by atomic mass is 35.5. The molecule has 0 saturated heterocycles. The summed E-state index contributed by atoms with van der Waals surface area (Å²) in [5.41, 5.74) is 5.26. The van der Waals surface area contributed by atoms with Gasteiger partial charge in [0.05, 0.1) is 5.02 Å². The van der Waals surface area contributed by atoms with Gasteiger partial charge < -0.3 is 20.3 Å². The molecule has 1 heterocycles. The highest BCUT2D eigenvalue weighted by molar-refractivity contribution is 6.31. The standard InChI is InChI=1S/C12H16ClN3O4/c1-2-3-15-5-8(13)4-9(15)12(20)16(6-10(14)17)7-11(18)19/h4-5H,2-3,6-7H2,1H3,(H2,14,17)(H,18,19). The number of hydrogen-bond acceptors (Lipinski definition) is 3. The van der Waals surface area contributed by atoms with E-state index in [2.05, 4.69) is 0 Å². The SMILES string of the molecule is CCCn1cc(Cl)cc1C(=O)N(CC(N)=O)CC(=O)O. The lowest BCUT2D eigenvalue weighted by Crippen LogP contribution is -2.42. The number of rotatable bonds is 7. The number of nitrogens with two attached hydrogens (primary N) is 1. The number of carbonyl (C=O) groups is 3. The van der Waals surface area contributed by atoms with Crippen molar-refractivity contribution in [3.05, 3.63) is 23.0 Å². The first-order chi connectivity index (χ1) is 9.35. The maximum absolute atomic E-state index is 12.3. The molecule has 0 radical (unpaired) electrons. The van der Waals surface area contributed by atoms with Gasteiger partial charge in [-0.2, -0.15) is 0 Å². The van der Waals surface area contributed by atoms with Crippen LogP contribution in [0.4, 0.5) is 0 Å². The van der Waals surface area contributed by atoms with Crippen molar-refractivity contribution in [2.75, 3.05) is 13.1 Å². The van der Waals surface area contributed by atoms with Crippen LogP contribution in [-0.2, 0) is 16.1 Å². The lowest BCUT2D eigenvalue weighted by atomic mass is 10.3. The first-order valence-corrected chi connectivity index (χ1v) is 6.38. The van der Waals surface area contributed by atoms with E-state index in [4.69, 9.17) is 22.4 Å². The Labute approximate surface area is 120 Å². The van der Waals surface area contributed by atoms with E-state index in [0.717, 1.165) is 11.3 Å². The minimum absolute atomic E-state index is 0.236. The monoisotopic (exact) mass is 301 g/mol. The molecule has 20 heavy (non-hydrogen) atoms. The normalized spacial score (nSPS) is 10.3. The number of carboxylic acids is 1. The van der Waals surface area contributed by atoms with Crippen LogP contribution >= 0.6 is 11.6 Å². The molecule has 1 rings (SSSR count). The van der Waals surface area contributed by atoms with E-state index in [-0.39, 0.29) is 5.69 Å². The van der Waals surface area contributed by atoms with Crippen LogP contribution in [-0.4, -0.2) is 45.4 Å². The summed E-state index contributed by atoms with van der Waals surface area (Å²) in [6.45, 7) is 1.43. The molecule has 110 valence electrons. The van der Waals surface area contributed by atoms with Crippen LogP contribution < -0.4 is 5.73 Å². The Kier molecular flexibility index (Phi) is 5.57. The Balaban J connectivity index is 3.04. The molecule has 3 N–H and O–H groups in total. The summed E-state index contributed by atoms with van der Waals surface area (Å²) in [7, 11) is 0. The minimum Gasteiger partial charge on any atom is -0.480 e. The lowest BCUT2D eigenvalue weighted by Gasteiger charge is -2.19. The summed E-state index contributed by atoms with van der Waals surface area (Å²) < 4.78 is 1.63. The molecule has 0 atom stereocenters. The third-order valence-electron chi connectivity index (χ3n) is 2.51. The third-order valence-corrected chi connectivity index (χ3v) is 2.71. The zero-order chi connectivity index (χ0) is 15.3. The number of hydrogen-bond donors (Lipinski definition) is 2. The van der Waals surface area contributed by atoms with Gasteiger partial charge in [0.2, 0.25) is 5.91 Å². The molecular formula is C12H16ClN3O4. The van der Waals surface area contributed by atoms with E-state index in [1.165, 1.54) is 6.07 Å². The van der Waals surface area contributed by atoms with Gasteiger partial charge in [0.1, 0.15) is 18.8 Å². The van der Waals surface area contributed by atoms with E-state index < -0.39 is 30.9 Å². The van der Waals surface area contributed by atoms with Crippen LogP contribution in [0.15, 0.2) is 12.3 Å². The van der Waals surface area contributed by atoms with Gasteiger partial charge in [-0.05, 0) is 12.5 Å². The molecule has 0 fully saturated rings. The molecule has 0 aliphatic heterocycles. The smallest absolute Gasteiger partial charge is 0.323 e. The van der Waals surface area contributed by atoms with Crippen LogP contribution in [0.3, 0.4) is 0 Å². The summed E-state index contributed by atoms with van der Waals surface area (Å²) in [5, 5.41) is 9.16. The molecule has 1 aromatic heterocycles. The van der Waals surface area contributed by atoms with Crippen molar-refractivity contribution in [1.29, 1.82) is 0 Å². The third kappa shape index (κ3) is 4.27. The number of carboxylic acid groups (broad SMARTS) is 1. The quantitative estimate of drug-likeness (QED) is 0.767. The summed E-state index contributed by atoms with van der Waals surface area (Å²) in [5.74, 6) is -2.59. The van der Waals surface area contributed by atoms with Gasteiger partial charge in [-0.15, -0.1) is 0 Å². The van der Waals surface area contributed by atoms with Gasteiger partial charge in [-0.3, -0.25) is 14.4 Å². The summed E-state index contributed by atoms with van der Waals surface area (Å²) in [6.07, 6.45) is 2.36. The Bertz CT molecular complexity index is 511. The summed E-state index contributed by atoms with van der Waals surface area (Å²) >= 11 is 5.86. The fourth-order valence-corrected chi connectivity index (χ4v) is 2.01. The van der Waals surface area contributed by atoms with Crippen LogP contribution in [0, 0.1) is 0 Å². The number of aryl methyl sites for hydroxylation is 1. The Morgan fingerprint density at radius 1 is 1.40 bits per heavy atom. The molecule has 0 bridgehead atoms. The Morgan fingerprint density at radius 2 is 2.05 bits per heavy atom. The van der Waals surface area contributed by atoms with E-state index >= 15 is 0 Å². The van der Waals surface area contributed by atoms with Crippen molar-refractivity contribution in [1.82, 2.24) is 9.47 Å². The number of nitrogens with zero attached hydrogens (tertiary/aromatic N) is 2. The highest BCUT2D eigenvalue weighted by Crippen LogP contribution is 2.16. The maximum Gasteiger partial charge on any atom is 0.323 e. The van der Waals surface area contributed by atoms with Gasteiger partial charge in [0.25, 0.3) is 5.91 Å². The first-order valence-electron chi connectivity index (χ1n) is 6.00. The van der Waals surface area contributed by atoms with Gasteiger partial charge in [0, 0.05) is 12.7 Å². The molecule has 0 aromatic carbocycles. The molecule has 0 aliphatic carbocycles. The van der Waals surface area contributed by atoms with Gasteiger partial charge in [-0.1, -0.05) is 18.5 Å². The average Bonchev–Trinajstić information content (AvgIpc) is 2.68. The van der Waals surface area contributed by atoms with E-state index in [1.54, 1.807) is 10.8 Å². The Hall–Kier alpha value is -2.02. The second-order valence-electron chi connectivity index (χ2n) is 4.26. The largest absolute Gasteiger partial charge is 0.480 e. The fraction of sp³-hybridized carbons (Fsp3) is 0.417. The Morgan fingerprint density at radius 3 is 2.55 bits per heavy atom. The number of aliphatic carboxylic acids is 1. The zero-order valence-electron chi connectivity index (χ0n) is 11.0. The van der Waals surface area contributed by atoms with Crippen molar-refractivity contribution in [2.45, 2.75) is 19.9 Å². The fourth-order valence-electron chi connectivity index (χ4n) is 1.79. The van der Waals surface area contributed by atoms with Crippen LogP contribution in [0.25, 0.3) is 0 Å². The van der Waals surface area contributed by atoms with Crippen molar-refractivity contribution in [3.63, 3.8) is 0 Å². The molecule has 0 aliphatic rings. The minimum atomic E-state index is -1.22. The number of amides is 2. The molecule has 0 spiro atoms. The molecule has 1 aromatic rings. The second-order valence-corrected chi connectivity index (χ2v) is 4.69. The van der Waals surface area contributed by atoms with Gasteiger partial charge in [-0.25, -0.2) is 0 Å². The average molecular weight is 302 g/mol. The second kappa shape index (κ2) is 6.95. The molecule has 0 unspecified atom stereocenters. The van der Waals surface area contributed by atoms with Crippen LogP contribution in [0.1, 0.15) is 23.8 Å². The van der Waals surface area contributed by atoms with Crippen LogP contribution in [0.2, 0.25) is 5.02 Å². The predicted molar refractivity (Wildman–Crippen MR) is 72.5 cm³/mol. The van der Waals surface area contributed by atoms with Crippen molar-refractivity contribution in [3.8, 4) is 0 Å². The molecule has 7 nitrogen and oxygen atoms in total. The van der Waals surface area contributed by atoms with E-state index in [0.29, 0.717) is 11.6 Å². The maximum atomic E-state index is 12.3.